The summed E-state index contributed by atoms with van der Waals surface area (Å²) in [5.74, 6) is 0.126. The SMILES string of the molecule is N#CC(=Cc1oc2ccc(Br)cc2c1Cl)S(=O)(=O)c1ccccc1. The Labute approximate surface area is 152 Å². The molecule has 0 aliphatic rings. The minimum Gasteiger partial charge on any atom is -0.455 e. The van der Waals surface area contributed by atoms with Gasteiger partial charge in [-0.2, -0.15) is 5.26 Å². The van der Waals surface area contributed by atoms with Gasteiger partial charge in [0.1, 0.15) is 17.4 Å². The first-order valence-electron chi connectivity index (χ1n) is 6.73. The minimum absolute atomic E-state index is 0.0350. The predicted molar refractivity (Wildman–Crippen MR) is 96.1 cm³/mol. The van der Waals surface area contributed by atoms with Crippen molar-refractivity contribution in [3.63, 3.8) is 0 Å². The quantitative estimate of drug-likeness (QED) is 0.545. The van der Waals surface area contributed by atoms with Crippen LogP contribution in [0.4, 0.5) is 0 Å². The molecule has 24 heavy (non-hydrogen) atoms. The molecule has 0 aliphatic heterocycles. The summed E-state index contributed by atoms with van der Waals surface area (Å²) in [6.07, 6.45) is 1.15. The van der Waals surface area contributed by atoms with Gasteiger partial charge in [0.05, 0.1) is 9.92 Å². The van der Waals surface area contributed by atoms with E-state index in [0.29, 0.717) is 11.0 Å². The van der Waals surface area contributed by atoms with E-state index in [-0.39, 0.29) is 15.7 Å². The summed E-state index contributed by atoms with van der Waals surface area (Å²) < 4.78 is 31.5. The number of sulfone groups is 1. The maximum absolute atomic E-state index is 12.6. The van der Waals surface area contributed by atoms with Gasteiger partial charge in [-0.05, 0) is 30.3 Å². The maximum Gasteiger partial charge on any atom is 0.216 e. The lowest BCUT2D eigenvalue weighted by atomic mass is 10.2. The first-order chi connectivity index (χ1) is 11.4. The Morgan fingerprint density at radius 2 is 1.92 bits per heavy atom. The monoisotopic (exact) mass is 421 g/mol. The zero-order chi connectivity index (χ0) is 17.3. The van der Waals surface area contributed by atoms with Gasteiger partial charge in [0.25, 0.3) is 0 Å². The lowest BCUT2D eigenvalue weighted by Crippen LogP contribution is -2.03. The predicted octanol–water partition coefficient (Wildman–Crippen LogP) is 5.19. The highest BCUT2D eigenvalue weighted by molar-refractivity contribution is 9.10. The number of nitrogens with zero attached hydrogens (tertiary/aromatic N) is 1. The van der Waals surface area contributed by atoms with Crippen molar-refractivity contribution in [1.29, 1.82) is 5.26 Å². The lowest BCUT2D eigenvalue weighted by molar-refractivity contribution is 0.599. The third-order valence-corrected chi connectivity index (χ3v) is 5.89. The average molecular weight is 423 g/mol. The highest BCUT2D eigenvalue weighted by atomic mass is 79.9. The molecule has 0 atom stereocenters. The summed E-state index contributed by atoms with van der Waals surface area (Å²) in [4.78, 5) is -0.401. The summed E-state index contributed by atoms with van der Waals surface area (Å²) in [7, 11) is -3.94. The number of hydrogen-bond acceptors (Lipinski definition) is 4. The summed E-state index contributed by atoms with van der Waals surface area (Å²) in [5, 5.41) is 10.2. The van der Waals surface area contributed by atoms with Crippen LogP contribution in [0.25, 0.3) is 17.0 Å². The molecule has 0 unspecified atom stereocenters. The van der Waals surface area contributed by atoms with E-state index in [1.54, 1.807) is 42.5 Å². The van der Waals surface area contributed by atoms with E-state index in [0.717, 1.165) is 10.5 Å². The minimum atomic E-state index is -3.94. The van der Waals surface area contributed by atoms with Crippen molar-refractivity contribution < 1.29 is 12.8 Å². The lowest BCUT2D eigenvalue weighted by Gasteiger charge is -2.01. The second-order valence-electron chi connectivity index (χ2n) is 4.86. The summed E-state index contributed by atoms with van der Waals surface area (Å²) >= 11 is 9.60. The highest BCUT2D eigenvalue weighted by Gasteiger charge is 2.22. The Morgan fingerprint density at radius 3 is 2.58 bits per heavy atom. The summed E-state index contributed by atoms with van der Waals surface area (Å²) in [6.45, 7) is 0. The molecule has 0 aliphatic carbocycles. The zero-order valence-corrected chi connectivity index (χ0v) is 15.2. The van der Waals surface area contributed by atoms with Crippen LogP contribution < -0.4 is 0 Å². The van der Waals surface area contributed by atoms with Crippen LogP contribution in [0.1, 0.15) is 5.76 Å². The Kier molecular flexibility index (Phi) is 4.50. The van der Waals surface area contributed by atoms with Gasteiger partial charge in [-0.1, -0.05) is 45.7 Å². The van der Waals surface area contributed by atoms with Crippen molar-refractivity contribution in [2.45, 2.75) is 4.90 Å². The van der Waals surface area contributed by atoms with E-state index in [9.17, 15) is 13.7 Å². The van der Waals surface area contributed by atoms with Gasteiger partial charge in [-0.15, -0.1) is 0 Å². The molecule has 0 fully saturated rings. The molecule has 1 aromatic heterocycles. The number of nitriles is 1. The van der Waals surface area contributed by atoms with Crippen molar-refractivity contribution in [3.8, 4) is 6.07 Å². The molecule has 1 heterocycles. The largest absolute Gasteiger partial charge is 0.455 e. The molecule has 0 N–H and O–H groups in total. The number of halogens is 2. The standard InChI is InChI=1S/C17H9BrClNO3S/c18-11-6-7-15-14(8-11)17(19)16(23-15)9-13(10-20)24(21,22)12-4-2-1-3-5-12/h1-9H. The molecule has 3 rings (SSSR count). The number of rotatable bonds is 3. The zero-order valence-electron chi connectivity index (χ0n) is 12.0. The fraction of sp³-hybridized carbons (Fsp3) is 0. The van der Waals surface area contributed by atoms with Gasteiger partial charge in [0.15, 0.2) is 4.91 Å². The van der Waals surface area contributed by atoms with Gasteiger partial charge in [0.2, 0.25) is 9.84 Å². The molecule has 3 aromatic rings. The number of allylic oxidation sites excluding steroid dienone is 1. The van der Waals surface area contributed by atoms with Crippen molar-refractivity contribution in [2.24, 2.45) is 0 Å². The first kappa shape index (κ1) is 16.8. The summed E-state index contributed by atoms with van der Waals surface area (Å²) in [5.41, 5.74) is 0.504. The van der Waals surface area contributed by atoms with E-state index in [1.165, 1.54) is 12.1 Å². The van der Waals surface area contributed by atoms with Crippen LogP contribution in [0.2, 0.25) is 5.02 Å². The molecule has 4 nitrogen and oxygen atoms in total. The molecule has 0 saturated carbocycles. The second-order valence-corrected chi connectivity index (χ2v) is 8.07. The molecule has 120 valence electrons. The number of benzene rings is 2. The normalized spacial score (nSPS) is 12.3. The number of hydrogen-bond donors (Lipinski definition) is 0. The molecular weight excluding hydrogens is 414 g/mol. The van der Waals surface area contributed by atoms with Crippen LogP contribution in [-0.4, -0.2) is 8.42 Å². The Balaban J connectivity index is 2.16. The number of furan rings is 1. The number of fused-ring (bicyclic) bond motifs is 1. The molecular formula is C17H9BrClNO3S. The van der Waals surface area contributed by atoms with Gasteiger partial charge in [-0.3, -0.25) is 0 Å². The van der Waals surface area contributed by atoms with Crippen LogP contribution >= 0.6 is 27.5 Å². The third kappa shape index (κ3) is 2.98. The molecule has 0 spiro atoms. The van der Waals surface area contributed by atoms with Crippen LogP contribution in [0.15, 0.2) is 67.2 Å². The highest BCUT2D eigenvalue weighted by Crippen LogP contribution is 2.34. The molecule has 0 amide bonds. The smallest absolute Gasteiger partial charge is 0.216 e. The van der Waals surface area contributed by atoms with Crippen LogP contribution in [0, 0.1) is 11.3 Å². The molecule has 7 heteroatoms. The topological polar surface area (TPSA) is 71.1 Å². The van der Waals surface area contributed by atoms with Gasteiger partial charge in [0, 0.05) is 15.9 Å². The van der Waals surface area contributed by atoms with Gasteiger partial charge in [-0.25, -0.2) is 8.42 Å². The van der Waals surface area contributed by atoms with Crippen molar-refractivity contribution >= 4 is 54.4 Å². The third-order valence-electron chi connectivity index (χ3n) is 3.33. The van der Waals surface area contributed by atoms with E-state index < -0.39 is 14.7 Å². The van der Waals surface area contributed by atoms with Crippen molar-refractivity contribution in [3.05, 3.63) is 68.7 Å². The maximum atomic E-state index is 12.6. The van der Waals surface area contributed by atoms with Crippen molar-refractivity contribution in [2.75, 3.05) is 0 Å². The van der Waals surface area contributed by atoms with Gasteiger partial charge < -0.3 is 4.42 Å². The fourth-order valence-corrected chi connectivity index (χ4v) is 3.92. The molecule has 0 bridgehead atoms. The van der Waals surface area contributed by atoms with E-state index in [2.05, 4.69) is 15.9 Å². The molecule has 2 aromatic carbocycles. The Morgan fingerprint density at radius 1 is 1.21 bits per heavy atom. The van der Waals surface area contributed by atoms with E-state index in [1.807, 2.05) is 0 Å². The van der Waals surface area contributed by atoms with E-state index in [4.69, 9.17) is 16.0 Å². The molecule has 0 radical (unpaired) electrons. The Bertz CT molecular complexity index is 1100. The van der Waals surface area contributed by atoms with Crippen molar-refractivity contribution in [1.82, 2.24) is 0 Å². The molecule has 0 saturated heterocycles. The average Bonchev–Trinajstić information content (AvgIpc) is 2.89. The first-order valence-corrected chi connectivity index (χ1v) is 9.38. The second kappa shape index (κ2) is 6.44. The van der Waals surface area contributed by atoms with Gasteiger partial charge >= 0.3 is 0 Å². The van der Waals surface area contributed by atoms with Crippen LogP contribution in [-0.2, 0) is 9.84 Å². The van der Waals surface area contributed by atoms with Crippen LogP contribution in [0.3, 0.4) is 0 Å². The van der Waals surface area contributed by atoms with E-state index >= 15 is 0 Å². The van der Waals surface area contributed by atoms with Crippen LogP contribution in [0.5, 0.6) is 0 Å². The summed E-state index contributed by atoms with van der Waals surface area (Å²) in [6, 6.07) is 14.7. The Hall–Kier alpha value is -2.07. The fourth-order valence-electron chi connectivity index (χ4n) is 2.17.